The lowest BCUT2D eigenvalue weighted by molar-refractivity contribution is -0.120. The third kappa shape index (κ3) is 4.90. The van der Waals surface area contributed by atoms with Gasteiger partial charge in [-0.05, 0) is 55.3 Å². The Hall–Kier alpha value is -2.13. The molecule has 2 aromatic carbocycles. The highest BCUT2D eigenvalue weighted by molar-refractivity contribution is 7.89. The molecule has 2 aromatic rings. The van der Waals surface area contributed by atoms with E-state index in [0.29, 0.717) is 30.6 Å². The summed E-state index contributed by atoms with van der Waals surface area (Å²) in [6.45, 7) is 0.332. The summed E-state index contributed by atoms with van der Waals surface area (Å²) in [4.78, 5) is 23.7. The van der Waals surface area contributed by atoms with Crippen molar-refractivity contribution in [3.63, 3.8) is 0 Å². The zero-order valence-electron chi connectivity index (χ0n) is 15.3. The van der Waals surface area contributed by atoms with E-state index < -0.39 is 21.8 Å². The number of carbonyl (C=O) groups is 2. The zero-order valence-corrected chi connectivity index (χ0v) is 17.6. The number of nitrogens with zero attached hydrogens (tertiary/aromatic N) is 1. The van der Waals surface area contributed by atoms with E-state index in [9.17, 15) is 18.0 Å². The van der Waals surface area contributed by atoms with Gasteiger partial charge in [-0.15, -0.1) is 0 Å². The molecule has 1 aliphatic rings. The maximum atomic E-state index is 13.0. The Morgan fingerprint density at radius 3 is 2.45 bits per heavy atom. The normalized spacial score (nSPS) is 17.7. The summed E-state index contributed by atoms with van der Waals surface area (Å²) in [5.41, 5.74) is 6.03. The van der Waals surface area contributed by atoms with Crippen molar-refractivity contribution in [3.8, 4) is 0 Å². The maximum Gasteiger partial charge on any atom is 0.248 e. The molecule has 1 saturated heterocycles. The Labute approximate surface area is 178 Å². The van der Waals surface area contributed by atoms with Gasteiger partial charge in [0.25, 0.3) is 0 Å². The lowest BCUT2D eigenvalue weighted by atomic mass is 9.98. The number of piperidine rings is 1. The molecule has 0 bridgehead atoms. The Kier molecular flexibility index (Phi) is 6.48. The van der Waals surface area contributed by atoms with Crippen molar-refractivity contribution in [1.82, 2.24) is 4.31 Å². The van der Waals surface area contributed by atoms with Gasteiger partial charge in [0.2, 0.25) is 21.8 Å². The Morgan fingerprint density at radius 1 is 1.10 bits per heavy atom. The Bertz CT molecular complexity index is 1040. The second kappa shape index (κ2) is 8.71. The summed E-state index contributed by atoms with van der Waals surface area (Å²) < 4.78 is 27.2. The van der Waals surface area contributed by atoms with Crippen molar-refractivity contribution in [1.29, 1.82) is 0 Å². The number of primary amides is 1. The molecule has 1 heterocycles. The second-order valence-electron chi connectivity index (χ2n) is 6.71. The third-order valence-electron chi connectivity index (χ3n) is 4.70. The minimum Gasteiger partial charge on any atom is -0.366 e. The summed E-state index contributed by atoms with van der Waals surface area (Å²) in [6.07, 6.45) is 1.09. The average molecular weight is 456 g/mol. The number of carbonyl (C=O) groups excluding carboxylic acids is 2. The monoisotopic (exact) mass is 455 g/mol. The fourth-order valence-electron chi connectivity index (χ4n) is 3.15. The molecule has 2 amide bonds. The molecule has 10 heteroatoms. The van der Waals surface area contributed by atoms with Gasteiger partial charge in [-0.25, -0.2) is 8.42 Å². The van der Waals surface area contributed by atoms with E-state index in [1.807, 2.05) is 0 Å². The first-order valence-corrected chi connectivity index (χ1v) is 11.0. The van der Waals surface area contributed by atoms with E-state index in [0.717, 1.165) is 0 Å². The van der Waals surface area contributed by atoms with Gasteiger partial charge in [-0.3, -0.25) is 9.59 Å². The van der Waals surface area contributed by atoms with Crippen LogP contribution in [0, 0.1) is 5.92 Å². The van der Waals surface area contributed by atoms with E-state index in [2.05, 4.69) is 5.32 Å². The molecule has 29 heavy (non-hydrogen) atoms. The van der Waals surface area contributed by atoms with Crippen molar-refractivity contribution < 1.29 is 18.0 Å². The van der Waals surface area contributed by atoms with Crippen molar-refractivity contribution in [2.75, 3.05) is 18.4 Å². The third-order valence-corrected chi connectivity index (χ3v) is 7.28. The first-order chi connectivity index (χ1) is 13.7. The summed E-state index contributed by atoms with van der Waals surface area (Å²) in [6, 6.07) is 10.4. The van der Waals surface area contributed by atoms with Gasteiger partial charge in [-0.2, -0.15) is 4.31 Å². The fourth-order valence-corrected chi connectivity index (χ4v) is 5.41. The number of halogens is 2. The molecule has 0 unspecified atom stereocenters. The van der Waals surface area contributed by atoms with Gasteiger partial charge in [-0.1, -0.05) is 23.2 Å². The quantitative estimate of drug-likeness (QED) is 0.721. The SMILES string of the molecule is NC(=O)c1ccc(NC(=O)[C@H]2CCCN(S(=O)(=O)c3cc(Cl)ccc3Cl)C2)cc1. The molecule has 1 aliphatic heterocycles. The largest absolute Gasteiger partial charge is 0.366 e. The highest BCUT2D eigenvalue weighted by Gasteiger charge is 2.34. The van der Waals surface area contributed by atoms with Gasteiger partial charge in [0, 0.05) is 29.4 Å². The first-order valence-electron chi connectivity index (χ1n) is 8.84. The van der Waals surface area contributed by atoms with Crippen LogP contribution >= 0.6 is 23.2 Å². The molecule has 3 N–H and O–H groups in total. The molecule has 3 rings (SSSR count). The molecule has 0 radical (unpaired) electrons. The topological polar surface area (TPSA) is 110 Å². The van der Waals surface area contributed by atoms with Crippen LogP contribution in [-0.2, 0) is 14.8 Å². The predicted molar refractivity (Wildman–Crippen MR) is 112 cm³/mol. The molecule has 1 fully saturated rings. The number of hydrogen-bond donors (Lipinski definition) is 2. The average Bonchev–Trinajstić information content (AvgIpc) is 2.70. The van der Waals surface area contributed by atoms with Crippen LogP contribution in [0.15, 0.2) is 47.4 Å². The van der Waals surface area contributed by atoms with E-state index >= 15 is 0 Å². The van der Waals surface area contributed by atoms with Crippen LogP contribution in [-0.4, -0.2) is 37.6 Å². The minimum atomic E-state index is -3.88. The molecule has 0 saturated carbocycles. The van der Waals surface area contributed by atoms with Crippen LogP contribution < -0.4 is 11.1 Å². The Balaban J connectivity index is 1.73. The molecule has 1 atom stereocenters. The number of benzene rings is 2. The van der Waals surface area contributed by atoms with Crippen molar-refractivity contribution >= 4 is 50.7 Å². The first kappa shape index (κ1) is 21.6. The highest BCUT2D eigenvalue weighted by atomic mass is 35.5. The van der Waals surface area contributed by atoms with Crippen LogP contribution in [0.1, 0.15) is 23.2 Å². The van der Waals surface area contributed by atoms with Crippen LogP contribution in [0.2, 0.25) is 10.0 Å². The lowest BCUT2D eigenvalue weighted by Crippen LogP contribution is -2.43. The van der Waals surface area contributed by atoms with Gasteiger partial charge >= 0.3 is 0 Å². The molecule has 7 nitrogen and oxygen atoms in total. The molecule has 154 valence electrons. The molecular weight excluding hydrogens is 437 g/mol. The van der Waals surface area contributed by atoms with Crippen LogP contribution in [0.3, 0.4) is 0 Å². The molecule has 0 aliphatic carbocycles. The molecular formula is C19H19Cl2N3O4S. The van der Waals surface area contributed by atoms with Crippen LogP contribution in [0.25, 0.3) is 0 Å². The lowest BCUT2D eigenvalue weighted by Gasteiger charge is -2.31. The summed E-state index contributed by atoms with van der Waals surface area (Å²) in [5, 5.41) is 3.09. The number of hydrogen-bond acceptors (Lipinski definition) is 4. The van der Waals surface area contributed by atoms with E-state index in [4.69, 9.17) is 28.9 Å². The van der Waals surface area contributed by atoms with Gasteiger partial charge in [0.05, 0.1) is 10.9 Å². The minimum absolute atomic E-state index is 0.0381. The summed E-state index contributed by atoms with van der Waals surface area (Å²) >= 11 is 12.0. The highest BCUT2D eigenvalue weighted by Crippen LogP contribution is 2.30. The second-order valence-corrected chi connectivity index (χ2v) is 9.46. The van der Waals surface area contributed by atoms with E-state index in [1.165, 1.54) is 34.6 Å². The van der Waals surface area contributed by atoms with Crippen molar-refractivity contribution in [2.45, 2.75) is 17.7 Å². The van der Waals surface area contributed by atoms with Gasteiger partial charge in [0.1, 0.15) is 4.90 Å². The van der Waals surface area contributed by atoms with Crippen molar-refractivity contribution in [3.05, 3.63) is 58.1 Å². The number of sulfonamides is 1. The number of nitrogens with two attached hydrogens (primary N) is 1. The van der Waals surface area contributed by atoms with Crippen LogP contribution in [0.4, 0.5) is 5.69 Å². The number of anilines is 1. The summed E-state index contributed by atoms with van der Waals surface area (Å²) in [5.74, 6) is -1.38. The predicted octanol–water partition coefficient (Wildman–Crippen LogP) is 3.13. The molecule has 0 aromatic heterocycles. The smallest absolute Gasteiger partial charge is 0.248 e. The van der Waals surface area contributed by atoms with Gasteiger partial charge in [0.15, 0.2) is 0 Å². The van der Waals surface area contributed by atoms with Crippen molar-refractivity contribution in [2.24, 2.45) is 11.7 Å². The number of rotatable bonds is 5. The number of amides is 2. The fraction of sp³-hybridized carbons (Fsp3) is 0.263. The number of nitrogens with one attached hydrogen (secondary N) is 1. The van der Waals surface area contributed by atoms with E-state index in [1.54, 1.807) is 12.1 Å². The van der Waals surface area contributed by atoms with Gasteiger partial charge < -0.3 is 11.1 Å². The van der Waals surface area contributed by atoms with Crippen LogP contribution in [0.5, 0.6) is 0 Å². The van der Waals surface area contributed by atoms with E-state index in [-0.39, 0.29) is 27.4 Å². The molecule has 0 spiro atoms. The zero-order chi connectivity index (χ0) is 21.2. The Morgan fingerprint density at radius 2 is 1.79 bits per heavy atom. The maximum absolute atomic E-state index is 13.0. The standard InChI is InChI=1S/C19H19Cl2N3O4S/c20-14-5-8-16(21)17(10-14)29(27,28)24-9-1-2-13(11-24)19(26)23-15-6-3-12(4-7-15)18(22)25/h3-8,10,13H,1-2,9,11H2,(H2,22,25)(H,23,26)/t13-/m0/s1. The summed E-state index contributed by atoms with van der Waals surface area (Å²) in [7, 11) is -3.88.